The van der Waals surface area contributed by atoms with Crippen molar-refractivity contribution in [2.24, 2.45) is 0 Å². The number of nitrogens with zero attached hydrogens (tertiary/aromatic N) is 3. The molecule has 1 amide bonds. The van der Waals surface area contributed by atoms with Crippen molar-refractivity contribution in [2.75, 3.05) is 16.9 Å². The highest BCUT2D eigenvalue weighted by molar-refractivity contribution is 7.99. The van der Waals surface area contributed by atoms with Crippen LogP contribution in [0.5, 0.6) is 0 Å². The Hall–Kier alpha value is -3.13. The fraction of sp³-hybridized carbons (Fsp3) is 0.200. The highest BCUT2D eigenvalue weighted by Crippen LogP contribution is 2.14. The van der Waals surface area contributed by atoms with Gasteiger partial charge in [-0.25, -0.2) is 0 Å². The van der Waals surface area contributed by atoms with Crippen LogP contribution in [0.1, 0.15) is 22.4 Å². The first-order chi connectivity index (χ1) is 13.4. The Kier molecular flexibility index (Phi) is 6.10. The van der Waals surface area contributed by atoms with E-state index < -0.39 is 5.56 Å². The van der Waals surface area contributed by atoms with Gasteiger partial charge in [0, 0.05) is 12.1 Å². The summed E-state index contributed by atoms with van der Waals surface area (Å²) in [5.74, 6) is 5.72. The van der Waals surface area contributed by atoms with E-state index in [1.165, 1.54) is 0 Å². The lowest BCUT2D eigenvalue weighted by Crippen LogP contribution is -2.34. The molecule has 3 aromatic rings. The fourth-order valence-corrected chi connectivity index (χ4v) is 3.26. The van der Waals surface area contributed by atoms with Gasteiger partial charge in [0.25, 0.3) is 5.56 Å². The molecule has 0 radical (unpaired) electrons. The Morgan fingerprint density at radius 2 is 1.86 bits per heavy atom. The highest BCUT2D eigenvalue weighted by atomic mass is 32.2. The highest BCUT2D eigenvalue weighted by Gasteiger charge is 2.13. The second-order valence-electron chi connectivity index (χ2n) is 6.47. The van der Waals surface area contributed by atoms with Gasteiger partial charge in [0.05, 0.1) is 5.75 Å². The van der Waals surface area contributed by atoms with Crippen LogP contribution in [0.15, 0.2) is 58.5 Å². The Bertz CT molecular complexity index is 1050. The fourth-order valence-electron chi connectivity index (χ4n) is 2.61. The van der Waals surface area contributed by atoms with Crippen LogP contribution in [-0.4, -0.2) is 26.5 Å². The van der Waals surface area contributed by atoms with Crippen molar-refractivity contribution >= 4 is 23.4 Å². The Balaban J connectivity index is 1.64. The van der Waals surface area contributed by atoms with Crippen LogP contribution >= 0.6 is 11.8 Å². The number of nitrogens with one attached hydrogen (secondary N) is 1. The van der Waals surface area contributed by atoms with Gasteiger partial charge in [-0.3, -0.25) is 9.59 Å². The zero-order valence-corrected chi connectivity index (χ0v) is 16.5. The number of nitrogens with two attached hydrogens (primary N) is 1. The first kappa shape index (κ1) is 19.6. The average Bonchev–Trinajstić information content (AvgIpc) is 2.67. The van der Waals surface area contributed by atoms with Gasteiger partial charge >= 0.3 is 0 Å². The monoisotopic (exact) mass is 395 g/mol. The van der Waals surface area contributed by atoms with E-state index in [1.807, 2.05) is 62.4 Å². The van der Waals surface area contributed by atoms with Gasteiger partial charge in [0.15, 0.2) is 0 Å². The molecule has 0 aliphatic rings. The minimum Gasteiger partial charge on any atom is -0.334 e. The summed E-state index contributed by atoms with van der Waals surface area (Å²) >= 11 is 1.06. The van der Waals surface area contributed by atoms with E-state index >= 15 is 0 Å². The number of carbonyl (C=O) groups excluding carboxylic acids is 1. The summed E-state index contributed by atoms with van der Waals surface area (Å²) in [5, 5.41) is 11.0. The molecule has 0 unspecified atom stereocenters. The van der Waals surface area contributed by atoms with Crippen molar-refractivity contribution in [3.05, 3.63) is 81.3 Å². The number of nitrogen functional groups attached to an aromatic ring is 1. The summed E-state index contributed by atoms with van der Waals surface area (Å²) < 4.78 is 0.946. The zero-order chi connectivity index (χ0) is 20.1. The van der Waals surface area contributed by atoms with Crippen LogP contribution in [0.4, 0.5) is 5.69 Å². The lowest BCUT2D eigenvalue weighted by atomic mass is 10.1. The van der Waals surface area contributed by atoms with Crippen LogP contribution in [0.3, 0.4) is 0 Å². The van der Waals surface area contributed by atoms with Crippen LogP contribution in [0, 0.1) is 13.8 Å². The zero-order valence-electron chi connectivity index (χ0n) is 15.7. The number of carbonyl (C=O) groups is 1. The summed E-state index contributed by atoms with van der Waals surface area (Å²) in [4.78, 5) is 24.6. The number of anilines is 1. The van der Waals surface area contributed by atoms with Crippen molar-refractivity contribution < 1.29 is 4.79 Å². The van der Waals surface area contributed by atoms with Crippen molar-refractivity contribution in [1.82, 2.24) is 14.9 Å². The first-order valence-corrected chi connectivity index (χ1v) is 9.69. The number of hydrogen-bond donors (Lipinski definition) is 2. The Morgan fingerprint density at radius 3 is 2.57 bits per heavy atom. The van der Waals surface area contributed by atoms with Crippen molar-refractivity contribution in [3.63, 3.8) is 0 Å². The summed E-state index contributed by atoms with van der Waals surface area (Å²) in [5.41, 5.74) is 3.73. The molecule has 7 nitrogen and oxygen atoms in total. The molecule has 0 aliphatic heterocycles. The second-order valence-corrected chi connectivity index (χ2v) is 7.42. The van der Waals surface area contributed by atoms with Gasteiger partial charge < -0.3 is 11.2 Å². The van der Waals surface area contributed by atoms with Crippen molar-refractivity contribution in [3.8, 4) is 0 Å². The van der Waals surface area contributed by atoms with Crippen LogP contribution < -0.4 is 16.7 Å². The molecular weight excluding hydrogens is 374 g/mol. The van der Waals surface area contributed by atoms with Crippen molar-refractivity contribution in [2.45, 2.75) is 25.4 Å². The summed E-state index contributed by atoms with van der Waals surface area (Å²) in [6, 6.07) is 15.3. The minimum atomic E-state index is -0.419. The molecule has 3 rings (SSSR count). The van der Waals surface area contributed by atoms with Gasteiger partial charge in [0.2, 0.25) is 11.1 Å². The minimum absolute atomic E-state index is 0.0659. The molecule has 3 N–H and O–H groups in total. The molecule has 0 fully saturated rings. The van der Waals surface area contributed by atoms with E-state index in [9.17, 15) is 9.59 Å². The van der Waals surface area contributed by atoms with E-state index in [2.05, 4.69) is 15.5 Å². The molecule has 0 atom stereocenters. The molecular formula is C20H21N5O2S. The summed E-state index contributed by atoms with van der Waals surface area (Å²) in [6.07, 6.45) is 0.351. The lowest BCUT2D eigenvalue weighted by Gasteiger charge is -2.08. The number of aryl methyl sites for hydroxylation is 2. The van der Waals surface area contributed by atoms with E-state index in [0.29, 0.717) is 12.1 Å². The molecule has 2 aromatic carbocycles. The van der Waals surface area contributed by atoms with E-state index in [-0.39, 0.29) is 22.5 Å². The van der Waals surface area contributed by atoms with Crippen molar-refractivity contribution in [1.29, 1.82) is 0 Å². The van der Waals surface area contributed by atoms with Gasteiger partial charge in [-0.15, -0.1) is 10.2 Å². The SMILES string of the molecule is Cc1ccc(NC(=O)CSc2nnc(Cc3cccc(C)c3)c(=O)n2N)cc1. The number of hydrogen-bond acceptors (Lipinski definition) is 6. The molecule has 28 heavy (non-hydrogen) atoms. The number of rotatable bonds is 6. The third-order valence-electron chi connectivity index (χ3n) is 4.05. The van der Waals surface area contributed by atoms with Crippen LogP contribution in [0.2, 0.25) is 0 Å². The first-order valence-electron chi connectivity index (χ1n) is 8.71. The van der Waals surface area contributed by atoms with Gasteiger partial charge in [-0.05, 0) is 31.5 Å². The van der Waals surface area contributed by atoms with Crippen LogP contribution in [0.25, 0.3) is 0 Å². The molecule has 0 saturated heterocycles. The third-order valence-corrected chi connectivity index (χ3v) is 4.99. The molecule has 0 saturated carbocycles. The molecule has 0 aliphatic carbocycles. The van der Waals surface area contributed by atoms with Gasteiger partial charge in [-0.1, -0.05) is 59.3 Å². The molecule has 8 heteroatoms. The number of amides is 1. The van der Waals surface area contributed by atoms with Crippen LogP contribution in [-0.2, 0) is 11.2 Å². The number of aromatic nitrogens is 3. The lowest BCUT2D eigenvalue weighted by molar-refractivity contribution is -0.113. The average molecular weight is 395 g/mol. The number of benzene rings is 2. The molecule has 1 aromatic heterocycles. The maximum absolute atomic E-state index is 12.5. The smallest absolute Gasteiger partial charge is 0.294 e. The topological polar surface area (TPSA) is 103 Å². The third kappa shape index (κ3) is 4.98. The largest absolute Gasteiger partial charge is 0.334 e. The predicted molar refractivity (Wildman–Crippen MR) is 111 cm³/mol. The van der Waals surface area contributed by atoms with E-state index in [0.717, 1.165) is 33.1 Å². The summed E-state index contributed by atoms with van der Waals surface area (Å²) in [7, 11) is 0. The molecule has 144 valence electrons. The second kappa shape index (κ2) is 8.71. The molecule has 1 heterocycles. The van der Waals surface area contributed by atoms with E-state index in [1.54, 1.807) is 0 Å². The number of thioether (sulfide) groups is 1. The quantitative estimate of drug-likeness (QED) is 0.490. The standard InChI is InChI=1S/C20H21N5O2S/c1-13-6-8-16(9-7-13)22-18(26)12-28-20-24-23-17(19(27)25(20)21)11-15-5-3-4-14(2)10-15/h3-10H,11-12,21H2,1-2H3,(H,22,26). The van der Waals surface area contributed by atoms with E-state index in [4.69, 9.17) is 5.84 Å². The van der Waals surface area contributed by atoms with Gasteiger partial charge in [0.1, 0.15) is 5.69 Å². The maximum Gasteiger partial charge on any atom is 0.294 e. The summed E-state index contributed by atoms with van der Waals surface area (Å²) in [6.45, 7) is 3.96. The molecule has 0 bridgehead atoms. The molecule has 0 spiro atoms. The Labute approximate surface area is 167 Å². The van der Waals surface area contributed by atoms with Gasteiger partial charge in [-0.2, -0.15) is 4.68 Å². The normalized spacial score (nSPS) is 10.6. The Morgan fingerprint density at radius 1 is 1.11 bits per heavy atom. The maximum atomic E-state index is 12.5. The predicted octanol–water partition coefficient (Wildman–Crippen LogP) is 2.29.